The van der Waals surface area contributed by atoms with E-state index in [9.17, 15) is 4.57 Å². The van der Waals surface area contributed by atoms with Gasteiger partial charge in [-0.25, -0.2) is 14.6 Å². The highest BCUT2D eigenvalue weighted by Crippen LogP contribution is 2.40. The minimum absolute atomic E-state index is 0.123. The maximum absolute atomic E-state index is 13.1. The molecular weight excluding hydrogens is 475 g/mol. The van der Waals surface area contributed by atoms with E-state index in [0.29, 0.717) is 21.3 Å². The van der Waals surface area contributed by atoms with Crippen molar-refractivity contribution in [3.05, 3.63) is 52.5 Å². The lowest BCUT2D eigenvalue weighted by Gasteiger charge is -2.17. The number of aromatic nitrogens is 5. The number of hydrogen-bond donors (Lipinski definition) is 1. The zero-order valence-corrected chi connectivity index (χ0v) is 19.1. The van der Waals surface area contributed by atoms with Gasteiger partial charge in [-0.1, -0.05) is 6.07 Å². The van der Waals surface area contributed by atoms with Gasteiger partial charge in [-0.05, 0) is 65.1 Å². The van der Waals surface area contributed by atoms with Crippen LogP contribution in [0.5, 0.6) is 0 Å². The Hall–Kier alpha value is -2.28. The number of rotatable bonds is 4. The van der Waals surface area contributed by atoms with Crippen LogP contribution < -0.4 is 10.6 Å². The molecule has 1 aromatic carbocycles. The van der Waals surface area contributed by atoms with Crippen molar-refractivity contribution in [2.24, 2.45) is 7.05 Å². The highest BCUT2D eigenvalue weighted by atomic mass is 79.9. The molecule has 0 radical (unpaired) electrons. The monoisotopic (exact) mass is 490 g/mol. The van der Waals surface area contributed by atoms with Gasteiger partial charge in [0.15, 0.2) is 5.65 Å². The summed E-state index contributed by atoms with van der Waals surface area (Å²) in [5, 5.41) is 9.59. The van der Waals surface area contributed by atoms with E-state index in [1.54, 1.807) is 30.4 Å². The van der Waals surface area contributed by atoms with Gasteiger partial charge in [0.2, 0.25) is 5.28 Å². The van der Waals surface area contributed by atoms with E-state index < -0.39 is 7.14 Å². The molecule has 10 heteroatoms. The molecule has 0 atom stereocenters. The van der Waals surface area contributed by atoms with Gasteiger partial charge < -0.3 is 9.88 Å². The number of fused-ring (bicyclic) bond motifs is 1. The van der Waals surface area contributed by atoms with E-state index in [2.05, 4.69) is 41.3 Å². The molecule has 0 unspecified atom stereocenters. The summed E-state index contributed by atoms with van der Waals surface area (Å²) in [4.78, 5) is 12.5. The maximum Gasteiger partial charge on any atom is 0.224 e. The minimum Gasteiger partial charge on any atom is -0.339 e. The summed E-state index contributed by atoms with van der Waals surface area (Å²) in [6.45, 7) is 3.47. The number of nitrogens with zero attached hydrogens (tertiary/aromatic N) is 5. The van der Waals surface area contributed by atoms with Gasteiger partial charge >= 0.3 is 0 Å². The lowest BCUT2D eigenvalue weighted by atomic mass is 10.1. The number of nitrogens with one attached hydrogen (secondary N) is 1. The van der Waals surface area contributed by atoms with E-state index in [0.717, 1.165) is 22.3 Å². The Kier molecular flexibility index (Phi) is 5.19. The molecule has 29 heavy (non-hydrogen) atoms. The minimum atomic E-state index is -2.63. The second-order valence-corrected chi connectivity index (χ2v) is 11.3. The van der Waals surface area contributed by atoms with Crippen molar-refractivity contribution < 1.29 is 4.57 Å². The molecule has 4 aromatic rings. The number of aryl methyl sites for hydroxylation is 1. The van der Waals surface area contributed by atoms with E-state index in [4.69, 9.17) is 11.6 Å². The molecule has 0 aliphatic rings. The third-order valence-corrected chi connectivity index (χ3v) is 6.71. The van der Waals surface area contributed by atoms with Crippen LogP contribution in [0, 0.1) is 0 Å². The second-order valence-electron chi connectivity index (χ2n) is 6.89. The van der Waals surface area contributed by atoms with Crippen molar-refractivity contribution in [2.75, 3.05) is 18.6 Å². The van der Waals surface area contributed by atoms with Crippen molar-refractivity contribution in [3.63, 3.8) is 0 Å². The predicted octanol–water partition coefficient (Wildman–Crippen LogP) is 4.83. The van der Waals surface area contributed by atoms with Crippen LogP contribution in [0.25, 0.3) is 22.3 Å². The fourth-order valence-corrected chi connectivity index (χ4v) is 4.68. The Labute approximate surface area is 181 Å². The van der Waals surface area contributed by atoms with Crippen molar-refractivity contribution in [2.45, 2.75) is 0 Å². The van der Waals surface area contributed by atoms with E-state index in [1.165, 1.54) is 0 Å². The average Bonchev–Trinajstić information content (AvgIpc) is 3.01. The van der Waals surface area contributed by atoms with Gasteiger partial charge in [0, 0.05) is 35.7 Å². The molecule has 0 fully saturated rings. The van der Waals surface area contributed by atoms with Crippen LogP contribution in [0.4, 0.5) is 11.5 Å². The maximum atomic E-state index is 13.1. The summed E-state index contributed by atoms with van der Waals surface area (Å²) in [6.07, 6.45) is 3.31. The predicted molar refractivity (Wildman–Crippen MR) is 121 cm³/mol. The third kappa shape index (κ3) is 3.92. The SMILES string of the molecule is Cn1nc(-c2ccc(Nc3nc(Cl)ncc3Br)c(P(C)(C)=O)c2)c2cccnc21. The number of benzene rings is 1. The number of halogens is 2. The van der Waals surface area contributed by atoms with Crippen LogP contribution in [0.2, 0.25) is 5.28 Å². The average molecular weight is 492 g/mol. The van der Waals surface area contributed by atoms with Crippen molar-refractivity contribution in [3.8, 4) is 11.3 Å². The first-order valence-corrected chi connectivity index (χ1v) is 12.4. The molecule has 3 heterocycles. The molecule has 0 saturated carbocycles. The van der Waals surface area contributed by atoms with Crippen molar-refractivity contribution in [1.29, 1.82) is 0 Å². The standard InChI is InChI=1S/C19H17BrClN6OP/c1-27-18-12(5-4-8-22-18)16(26-27)11-6-7-14(15(9-11)29(2,3)28)24-17-13(20)10-23-19(21)25-17/h4-10H,1-3H3,(H,23,24,25). The first-order valence-electron chi connectivity index (χ1n) is 8.67. The Balaban J connectivity index is 1.85. The number of hydrogen-bond acceptors (Lipinski definition) is 6. The molecule has 0 bridgehead atoms. The Morgan fingerprint density at radius 1 is 1.21 bits per heavy atom. The van der Waals surface area contributed by atoms with Gasteiger partial charge in [-0.2, -0.15) is 10.1 Å². The molecule has 7 nitrogen and oxygen atoms in total. The number of anilines is 2. The summed E-state index contributed by atoms with van der Waals surface area (Å²) < 4.78 is 15.5. The fourth-order valence-electron chi connectivity index (χ4n) is 3.10. The van der Waals surface area contributed by atoms with Crippen LogP contribution >= 0.6 is 34.7 Å². The zero-order chi connectivity index (χ0) is 20.8. The van der Waals surface area contributed by atoms with E-state index >= 15 is 0 Å². The molecule has 0 aliphatic carbocycles. The molecule has 1 N–H and O–H groups in total. The highest BCUT2D eigenvalue weighted by Gasteiger charge is 2.20. The fraction of sp³-hybridized carbons (Fsp3) is 0.158. The molecule has 148 valence electrons. The zero-order valence-electron chi connectivity index (χ0n) is 15.9. The number of pyridine rings is 1. The van der Waals surface area contributed by atoms with Gasteiger partial charge in [-0.3, -0.25) is 0 Å². The molecule has 0 aliphatic heterocycles. The van der Waals surface area contributed by atoms with Crippen molar-refractivity contribution in [1.82, 2.24) is 24.7 Å². The van der Waals surface area contributed by atoms with Gasteiger partial charge in [0.25, 0.3) is 0 Å². The van der Waals surface area contributed by atoms with Gasteiger partial charge in [0.05, 0.1) is 10.2 Å². The summed E-state index contributed by atoms with van der Waals surface area (Å²) in [7, 11) is -0.767. The first kappa shape index (κ1) is 20.0. The lowest BCUT2D eigenvalue weighted by Crippen LogP contribution is -2.11. The van der Waals surface area contributed by atoms with Gasteiger partial charge in [0.1, 0.15) is 18.7 Å². The molecule has 4 rings (SSSR count). The molecule has 0 amide bonds. The third-order valence-electron chi connectivity index (χ3n) is 4.42. The molecule has 0 spiro atoms. The largest absolute Gasteiger partial charge is 0.339 e. The summed E-state index contributed by atoms with van der Waals surface area (Å²) in [6, 6.07) is 9.59. The summed E-state index contributed by atoms with van der Waals surface area (Å²) >= 11 is 9.33. The second kappa shape index (κ2) is 7.52. The van der Waals surface area contributed by atoms with Crippen molar-refractivity contribution >= 4 is 62.5 Å². The molecular formula is C19H17BrClN6OP. The quantitative estimate of drug-likeness (QED) is 0.325. The van der Waals surface area contributed by atoms with Crippen LogP contribution in [0.3, 0.4) is 0 Å². The topological polar surface area (TPSA) is 85.6 Å². The van der Waals surface area contributed by atoms with Crippen LogP contribution in [0.15, 0.2) is 47.2 Å². The van der Waals surface area contributed by atoms with Gasteiger partial charge in [-0.15, -0.1) is 0 Å². The Morgan fingerprint density at radius 3 is 2.76 bits per heavy atom. The normalized spacial score (nSPS) is 11.8. The van der Waals surface area contributed by atoms with Crippen LogP contribution in [-0.2, 0) is 11.6 Å². The summed E-state index contributed by atoms with van der Waals surface area (Å²) in [5.41, 5.74) is 3.15. The summed E-state index contributed by atoms with van der Waals surface area (Å²) in [5.74, 6) is 0.500. The van der Waals surface area contributed by atoms with E-state index in [-0.39, 0.29) is 5.28 Å². The lowest BCUT2D eigenvalue weighted by molar-refractivity contribution is 0.588. The first-order chi connectivity index (χ1) is 13.7. The van der Waals surface area contributed by atoms with Crippen LogP contribution in [-0.4, -0.2) is 38.1 Å². The van der Waals surface area contributed by atoms with E-state index in [1.807, 2.05) is 37.4 Å². The van der Waals surface area contributed by atoms with Crippen LogP contribution in [0.1, 0.15) is 0 Å². The smallest absolute Gasteiger partial charge is 0.224 e. The highest BCUT2D eigenvalue weighted by molar-refractivity contribution is 9.10. The molecule has 0 saturated heterocycles. The Bertz CT molecular complexity index is 1290. The Morgan fingerprint density at radius 2 is 2.00 bits per heavy atom. The molecule has 3 aromatic heterocycles.